The molecule has 0 bridgehead atoms. The molecule has 1 atom stereocenters. The first-order valence-corrected chi connectivity index (χ1v) is 9.70. The minimum absolute atomic E-state index is 0.477. The van der Waals surface area contributed by atoms with Gasteiger partial charge in [-0.25, -0.2) is 0 Å². The van der Waals surface area contributed by atoms with Crippen LogP contribution in [0, 0.1) is 0 Å². The predicted octanol–water partition coefficient (Wildman–Crippen LogP) is 1.96. The van der Waals surface area contributed by atoms with Gasteiger partial charge in [-0.15, -0.1) is 0 Å². The van der Waals surface area contributed by atoms with Crippen LogP contribution >= 0.6 is 0 Å². The Balaban J connectivity index is 4.45. The molecule has 0 aromatic rings. The molecule has 0 aliphatic heterocycles. The summed E-state index contributed by atoms with van der Waals surface area (Å²) < 4.78 is 17.7. The summed E-state index contributed by atoms with van der Waals surface area (Å²) in [6, 6.07) is 1.35. The highest BCUT2D eigenvalue weighted by molar-refractivity contribution is 6.60. The predicted molar refractivity (Wildman–Crippen MR) is 86.1 cm³/mol. The summed E-state index contributed by atoms with van der Waals surface area (Å²) in [6.45, 7) is 9.03. The third-order valence-corrected chi connectivity index (χ3v) is 6.31. The fraction of sp³-hybridized carbons (Fsp3) is 1.00. The number of rotatable bonds is 13. The fourth-order valence-corrected chi connectivity index (χ4v) is 4.90. The lowest BCUT2D eigenvalue weighted by Gasteiger charge is -2.30. The van der Waals surface area contributed by atoms with E-state index in [9.17, 15) is 0 Å². The van der Waals surface area contributed by atoms with Gasteiger partial charge in [-0.3, -0.25) is 0 Å². The number of hydrogen-bond donors (Lipinski definition) is 1. The molecule has 1 N–H and O–H groups in total. The van der Waals surface area contributed by atoms with Crippen molar-refractivity contribution >= 4 is 8.80 Å². The van der Waals surface area contributed by atoms with Crippen LogP contribution in [0.25, 0.3) is 0 Å². The molecule has 0 heterocycles. The number of nitrogens with zero attached hydrogens (tertiary/aromatic N) is 1. The summed E-state index contributed by atoms with van der Waals surface area (Å²) in [7, 11) is 3.74. The molecule has 0 saturated heterocycles. The van der Waals surface area contributed by atoms with Gasteiger partial charge in [-0.1, -0.05) is 0 Å². The first kappa shape index (κ1) is 20.0. The Kier molecular flexibility index (Phi) is 11.7. The molecule has 5 nitrogen and oxygen atoms in total. The SMILES string of the molecule is CCO[Si](CCC(CCN(C)C)NC)(OCC)OCC. The summed E-state index contributed by atoms with van der Waals surface area (Å²) >= 11 is 0. The van der Waals surface area contributed by atoms with Crippen LogP contribution in [0.1, 0.15) is 33.6 Å². The lowest BCUT2D eigenvalue weighted by molar-refractivity contribution is 0.0699. The van der Waals surface area contributed by atoms with E-state index in [0.29, 0.717) is 25.9 Å². The molecule has 1 unspecified atom stereocenters. The van der Waals surface area contributed by atoms with Gasteiger partial charge in [0, 0.05) is 31.9 Å². The van der Waals surface area contributed by atoms with Crippen LogP contribution in [-0.2, 0) is 13.3 Å². The maximum atomic E-state index is 5.89. The smallest absolute Gasteiger partial charge is 0.374 e. The molecule has 6 heteroatoms. The van der Waals surface area contributed by atoms with Gasteiger partial charge in [0.25, 0.3) is 0 Å². The van der Waals surface area contributed by atoms with Crippen molar-refractivity contribution in [2.45, 2.75) is 45.7 Å². The third kappa shape index (κ3) is 8.34. The van der Waals surface area contributed by atoms with Crippen molar-refractivity contribution in [2.75, 3.05) is 47.5 Å². The van der Waals surface area contributed by atoms with E-state index in [1.165, 1.54) is 0 Å². The van der Waals surface area contributed by atoms with Crippen LogP contribution < -0.4 is 5.32 Å². The molecule has 0 radical (unpaired) electrons. The highest BCUT2D eigenvalue weighted by atomic mass is 28.4. The molecule has 0 rings (SSSR count). The van der Waals surface area contributed by atoms with Gasteiger partial charge in [-0.2, -0.15) is 0 Å². The van der Waals surface area contributed by atoms with E-state index < -0.39 is 8.80 Å². The largest absolute Gasteiger partial charge is 0.500 e. The summed E-state index contributed by atoms with van der Waals surface area (Å²) in [5.41, 5.74) is 0. The topological polar surface area (TPSA) is 43.0 Å². The fourth-order valence-electron chi connectivity index (χ4n) is 2.20. The number of hydrogen-bond acceptors (Lipinski definition) is 5. The Labute approximate surface area is 126 Å². The quantitative estimate of drug-likeness (QED) is 0.527. The van der Waals surface area contributed by atoms with E-state index in [1.807, 2.05) is 27.8 Å². The zero-order chi connectivity index (χ0) is 15.4. The van der Waals surface area contributed by atoms with Gasteiger partial charge in [0.1, 0.15) is 0 Å². The third-order valence-electron chi connectivity index (χ3n) is 3.22. The van der Waals surface area contributed by atoms with Crippen molar-refractivity contribution < 1.29 is 13.3 Å². The molecular weight excluding hydrogens is 272 g/mol. The molecule has 122 valence electrons. The van der Waals surface area contributed by atoms with E-state index in [-0.39, 0.29) is 0 Å². The van der Waals surface area contributed by atoms with Gasteiger partial charge < -0.3 is 23.5 Å². The first-order chi connectivity index (χ1) is 9.53. The minimum atomic E-state index is -2.48. The molecule has 20 heavy (non-hydrogen) atoms. The van der Waals surface area contributed by atoms with Crippen LogP contribution in [0.15, 0.2) is 0 Å². The second-order valence-corrected chi connectivity index (χ2v) is 7.83. The summed E-state index contributed by atoms with van der Waals surface area (Å²) in [5.74, 6) is 0. The van der Waals surface area contributed by atoms with Crippen molar-refractivity contribution in [1.82, 2.24) is 10.2 Å². The Morgan fingerprint density at radius 2 is 1.45 bits per heavy atom. The molecule has 0 saturated carbocycles. The van der Waals surface area contributed by atoms with Crippen molar-refractivity contribution in [3.05, 3.63) is 0 Å². The molecule has 0 spiro atoms. The van der Waals surface area contributed by atoms with Gasteiger partial charge in [0.15, 0.2) is 0 Å². The molecule has 0 aromatic heterocycles. The first-order valence-electron chi connectivity index (χ1n) is 7.77. The van der Waals surface area contributed by atoms with E-state index in [1.54, 1.807) is 0 Å². The van der Waals surface area contributed by atoms with Crippen LogP contribution in [0.3, 0.4) is 0 Å². The second-order valence-electron chi connectivity index (χ2n) is 5.10. The summed E-state index contributed by atoms with van der Waals surface area (Å²) in [4.78, 5) is 2.21. The standard InChI is InChI=1S/C14H34N2O3Si/c1-7-17-20(18-8-2,19-9-3)13-11-14(15-4)10-12-16(5)6/h14-15H,7-13H2,1-6H3. The molecule has 0 aromatic carbocycles. The van der Waals surface area contributed by atoms with Gasteiger partial charge >= 0.3 is 8.80 Å². The molecule has 0 fully saturated rings. The van der Waals surface area contributed by atoms with Crippen LogP contribution in [-0.4, -0.2) is 67.3 Å². The Morgan fingerprint density at radius 3 is 1.80 bits per heavy atom. The van der Waals surface area contributed by atoms with Crippen molar-refractivity contribution in [3.63, 3.8) is 0 Å². The van der Waals surface area contributed by atoms with Crippen LogP contribution in [0.2, 0.25) is 6.04 Å². The summed E-state index contributed by atoms with van der Waals surface area (Å²) in [6.07, 6.45) is 2.15. The lowest BCUT2D eigenvalue weighted by Crippen LogP contribution is -2.47. The highest BCUT2D eigenvalue weighted by Gasteiger charge is 2.40. The molecular formula is C14H34N2O3Si. The van der Waals surface area contributed by atoms with Gasteiger partial charge in [0.05, 0.1) is 0 Å². The second kappa shape index (κ2) is 11.7. The molecule has 0 amide bonds. The average molecular weight is 307 g/mol. The van der Waals surface area contributed by atoms with E-state index in [2.05, 4.69) is 24.3 Å². The zero-order valence-electron chi connectivity index (χ0n) is 14.2. The molecule has 0 aliphatic carbocycles. The van der Waals surface area contributed by atoms with Gasteiger partial charge in [0.2, 0.25) is 0 Å². The lowest BCUT2D eigenvalue weighted by atomic mass is 10.1. The Bertz CT molecular complexity index is 213. The molecule has 0 aliphatic rings. The van der Waals surface area contributed by atoms with Crippen molar-refractivity contribution in [1.29, 1.82) is 0 Å². The van der Waals surface area contributed by atoms with E-state index >= 15 is 0 Å². The zero-order valence-corrected chi connectivity index (χ0v) is 15.2. The van der Waals surface area contributed by atoms with Crippen molar-refractivity contribution in [3.8, 4) is 0 Å². The van der Waals surface area contributed by atoms with Crippen LogP contribution in [0.5, 0.6) is 0 Å². The maximum absolute atomic E-state index is 5.89. The van der Waals surface area contributed by atoms with Crippen LogP contribution in [0.4, 0.5) is 0 Å². The minimum Gasteiger partial charge on any atom is -0.374 e. The van der Waals surface area contributed by atoms with E-state index in [0.717, 1.165) is 25.4 Å². The van der Waals surface area contributed by atoms with E-state index in [4.69, 9.17) is 13.3 Å². The van der Waals surface area contributed by atoms with Crippen molar-refractivity contribution in [2.24, 2.45) is 0 Å². The number of nitrogens with one attached hydrogen (secondary N) is 1. The average Bonchev–Trinajstić information content (AvgIpc) is 2.39. The monoisotopic (exact) mass is 306 g/mol. The normalized spacial score (nSPS) is 13.9. The highest BCUT2D eigenvalue weighted by Crippen LogP contribution is 2.20. The Hall–Kier alpha value is 0.0169. The van der Waals surface area contributed by atoms with Gasteiger partial charge in [-0.05, 0) is 61.3 Å². The maximum Gasteiger partial charge on any atom is 0.500 e. The summed E-state index contributed by atoms with van der Waals surface area (Å²) in [5, 5.41) is 3.39. The Morgan fingerprint density at radius 1 is 0.950 bits per heavy atom.